The van der Waals surface area contributed by atoms with E-state index in [1.807, 2.05) is 6.92 Å². The molecule has 0 N–H and O–H groups in total. The number of esters is 1. The number of benzene rings is 1. The van der Waals surface area contributed by atoms with Crippen LogP contribution < -0.4 is 0 Å². The van der Waals surface area contributed by atoms with E-state index in [-0.39, 0.29) is 24.2 Å². The summed E-state index contributed by atoms with van der Waals surface area (Å²) in [6.07, 6.45) is 5.84. The van der Waals surface area contributed by atoms with Crippen molar-refractivity contribution < 1.29 is 14.5 Å². The largest absolute Gasteiger partial charge is 0.465 e. The van der Waals surface area contributed by atoms with Crippen molar-refractivity contribution in [1.82, 2.24) is 0 Å². The van der Waals surface area contributed by atoms with Crippen molar-refractivity contribution in [2.75, 3.05) is 6.61 Å². The molecule has 122 valence electrons. The molecule has 5 nitrogen and oxygen atoms in total. The van der Waals surface area contributed by atoms with Crippen LogP contribution in [0.5, 0.6) is 0 Å². The van der Waals surface area contributed by atoms with E-state index in [4.69, 9.17) is 4.74 Å². The molecule has 1 atom stereocenters. The van der Waals surface area contributed by atoms with Crippen LogP contribution in [0.2, 0.25) is 0 Å². The van der Waals surface area contributed by atoms with E-state index in [0.717, 1.165) is 19.3 Å². The summed E-state index contributed by atoms with van der Waals surface area (Å²) in [6.45, 7) is 4.16. The van der Waals surface area contributed by atoms with Gasteiger partial charge in [0.2, 0.25) is 0 Å². The van der Waals surface area contributed by atoms with E-state index < -0.39 is 4.92 Å². The average molecular weight is 307 g/mol. The predicted molar refractivity (Wildman–Crippen MR) is 85.8 cm³/mol. The van der Waals surface area contributed by atoms with Crippen molar-refractivity contribution in [2.45, 2.75) is 58.3 Å². The molecule has 1 rings (SSSR count). The predicted octanol–water partition coefficient (Wildman–Crippen LogP) is 4.60. The van der Waals surface area contributed by atoms with Crippen LogP contribution in [0.25, 0.3) is 0 Å². The Hall–Kier alpha value is -1.91. The zero-order valence-electron chi connectivity index (χ0n) is 13.4. The molecule has 0 bridgehead atoms. The summed E-state index contributed by atoms with van der Waals surface area (Å²) in [5.74, 6) is -0.410. The van der Waals surface area contributed by atoms with Gasteiger partial charge in [-0.25, -0.2) is 0 Å². The fraction of sp³-hybridized carbons (Fsp3) is 0.588. The second-order valence-corrected chi connectivity index (χ2v) is 5.56. The fourth-order valence-corrected chi connectivity index (χ4v) is 2.32. The smallest absolute Gasteiger partial charge is 0.305 e. The number of ether oxygens (including phenoxy) is 1. The van der Waals surface area contributed by atoms with Crippen LogP contribution >= 0.6 is 0 Å². The van der Waals surface area contributed by atoms with Gasteiger partial charge in [-0.05, 0) is 6.42 Å². The van der Waals surface area contributed by atoms with Gasteiger partial charge in [-0.2, -0.15) is 0 Å². The highest BCUT2D eigenvalue weighted by atomic mass is 16.6. The highest BCUT2D eigenvalue weighted by Crippen LogP contribution is 2.26. The van der Waals surface area contributed by atoms with Crippen LogP contribution in [0.3, 0.4) is 0 Å². The first kappa shape index (κ1) is 18.1. The Bertz CT molecular complexity index is 487. The number of para-hydroxylation sites is 1. The van der Waals surface area contributed by atoms with Crippen molar-refractivity contribution in [3.05, 3.63) is 39.9 Å². The molecule has 0 aromatic heterocycles. The monoisotopic (exact) mass is 307 g/mol. The Morgan fingerprint density at radius 2 is 1.91 bits per heavy atom. The van der Waals surface area contributed by atoms with Crippen molar-refractivity contribution in [2.24, 2.45) is 0 Å². The molecule has 0 aliphatic carbocycles. The average Bonchev–Trinajstić information content (AvgIpc) is 2.52. The van der Waals surface area contributed by atoms with Crippen molar-refractivity contribution >= 4 is 11.7 Å². The van der Waals surface area contributed by atoms with Gasteiger partial charge in [0, 0.05) is 24.0 Å². The van der Waals surface area contributed by atoms with Gasteiger partial charge in [0.25, 0.3) is 5.69 Å². The second kappa shape index (κ2) is 9.92. The van der Waals surface area contributed by atoms with Crippen molar-refractivity contribution in [3.63, 3.8) is 0 Å². The van der Waals surface area contributed by atoms with Gasteiger partial charge in [-0.15, -0.1) is 0 Å². The molecule has 0 heterocycles. The number of carbonyl (C=O) groups excluding carboxylic acids is 1. The van der Waals surface area contributed by atoms with E-state index in [2.05, 4.69) is 6.92 Å². The van der Waals surface area contributed by atoms with Gasteiger partial charge in [-0.1, -0.05) is 57.7 Å². The molecular weight excluding hydrogens is 282 g/mol. The summed E-state index contributed by atoms with van der Waals surface area (Å²) in [7, 11) is 0. The first-order valence-electron chi connectivity index (χ1n) is 7.95. The summed E-state index contributed by atoms with van der Waals surface area (Å²) in [4.78, 5) is 22.3. The molecule has 22 heavy (non-hydrogen) atoms. The van der Waals surface area contributed by atoms with Gasteiger partial charge in [0.15, 0.2) is 0 Å². The van der Waals surface area contributed by atoms with Crippen LogP contribution in [0.4, 0.5) is 5.69 Å². The quantitative estimate of drug-likeness (QED) is 0.274. The Morgan fingerprint density at radius 1 is 1.23 bits per heavy atom. The maximum absolute atomic E-state index is 11.7. The van der Waals surface area contributed by atoms with Crippen LogP contribution in [0.15, 0.2) is 24.3 Å². The summed E-state index contributed by atoms with van der Waals surface area (Å²) >= 11 is 0. The van der Waals surface area contributed by atoms with Crippen molar-refractivity contribution in [1.29, 1.82) is 0 Å². The first-order chi connectivity index (χ1) is 10.6. The third kappa shape index (κ3) is 6.24. The minimum absolute atomic E-state index is 0.0746. The molecule has 0 aliphatic rings. The van der Waals surface area contributed by atoms with Gasteiger partial charge in [-0.3, -0.25) is 14.9 Å². The highest BCUT2D eigenvalue weighted by molar-refractivity contribution is 5.69. The SMILES string of the molecule is CCCCCCCC(=O)OCC(C)c1ccccc1[N+](=O)[O-]. The van der Waals surface area contributed by atoms with E-state index >= 15 is 0 Å². The van der Waals surface area contributed by atoms with Gasteiger partial charge >= 0.3 is 5.97 Å². The maximum Gasteiger partial charge on any atom is 0.305 e. The Labute approximate surface area is 131 Å². The highest BCUT2D eigenvalue weighted by Gasteiger charge is 2.19. The van der Waals surface area contributed by atoms with Crippen LogP contribution in [0, 0.1) is 10.1 Å². The first-order valence-corrected chi connectivity index (χ1v) is 7.95. The number of unbranched alkanes of at least 4 members (excludes halogenated alkanes) is 4. The molecule has 1 unspecified atom stereocenters. The summed E-state index contributed by atoms with van der Waals surface area (Å²) in [6, 6.07) is 6.58. The third-order valence-electron chi connectivity index (χ3n) is 3.64. The lowest BCUT2D eigenvalue weighted by Crippen LogP contribution is -2.12. The molecule has 0 saturated heterocycles. The number of nitro groups is 1. The standard InChI is InChI=1S/C17H25NO4/c1-3-4-5-6-7-12-17(19)22-13-14(2)15-10-8-9-11-16(15)18(20)21/h8-11,14H,3-7,12-13H2,1-2H3. The lowest BCUT2D eigenvalue weighted by atomic mass is 10.0. The van der Waals surface area contributed by atoms with Gasteiger partial charge < -0.3 is 4.74 Å². The molecular formula is C17H25NO4. The number of hydrogen-bond acceptors (Lipinski definition) is 4. The minimum atomic E-state index is -0.401. The lowest BCUT2D eigenvalue weighted by Gasteiger charge is -2.12. The number of hydrogen-bond donors (Lipinski definition) is 0. The molecule has 5 heteroatoms. The Morgan fingerprint density at radius 3 is 2.59 bits per heavy atom. The minimum Gasteiger partial charge on any atom is -0.465 e. The second-order valence-electron chi connectivity index (χ2n) is 5.56. The zero-order chi connectivity index (χ0) is 16.4. The Balaban J connectivity index is 2.38. The van der Waals surface area contributed by atoms with Gasteiger partial charge in [0.05, 0.1) is 11.5 Å². The Kier molecular flexibility index (Phi) is 8.18. The third-order valence-corrected chi connectivity index (χ3v) is 3.64. The molecule has 1 aromatic carbocycles. The molecule has 0 radical (unpaired) electrons. The molecule has 0 amide bonds. The number of rotatable bonds is 10. The number of nitro benzene ring substituents is 1. The van der Waals surface area contributed by atoms with E-state index in [9.17, 15) is 14.9 Å². The molecule has 0 spiro atoms. The lowest BCUT2D eigenvalue weighted by molar-refractivity contribution is -0.385. The fourth-order valence-electron chi connectivity index (χ4n) is 2.32. The van der Waals surface area contributed by atoms with Gasteiger partial charge in [0.1, 0.15) is 0 Å². The maximum atomic E-state index is 11.7. The summed E-state index contributed by atoms with van der Waals surface area (Å²) in [5.41, 5.74) is 0.675. The molecule has 0 aliphatic heterocycles. The van der Waals surface area contributed by atoms with Crippen LogP contribution in [0.1, 0.15) is 63.9 Å². The summed E-state index contributed by atoms with van der Waals surface area (Å²) in [5, 5.41) is 11.0. The normalized spacial score (nSPS) is 11.9. The number of carbonyl (C=O) groups is 1. The number of nitrogens with zero attached hydrogens (tertiary/aromatic N) is 1. The van der Waals surface area contributed by atoms with E-state index in [1.165, 1.54) is 18.9 Å². The molecule has 0 saturated carbocycles. The van der Waals surface area contributed by atoms with Crippen LogP contribution in [-0.4, -0.2) is 17.5 Å². The van der Waals surface area contributed by atoms with Crippen molar-refractivity contribution in [3.8, 4) is 0 Å². The van der Waals surface area contributed by atoms with E-state index in [1.54, 1.807) is 18.2 Å². The van der Waals surface area contributed by atoms with Crippen LogP contribution in [-0.2, 0) is 9.53 Å². The topological polar surface area (TPSA) is 69.4 Å². The molecule has 1 aromatic rings. The summed E-state index contributed by atoms with van der Waals surface area (Å²) < 4.78 is 5.24. The molecule has 0 fully saturated rings. The zero-order valence-corrected chi connectivity index (χ0v) is 13.4. The van der Waals surface area contributed by atoms with E-state index in [0.29, 0.717) is 12.0 Å².